The Morgan fingerprint density at radius 2 is 1.47 bits per heavy atom. The van der Waals surface area contributed by atoms with Crippen LogP contribution in [0.4, 0.5) is 0 Å². The predicted molar refractivity (Wildman–Crippen MR) is 173 cm³/mol. The standard InChI is InChI=1S/C37H42N4O2/c42-36(16-7-11-30-9-2-1-3-10-30)41(25-19-31-17-20-38-21-18-31)29-32-12-6-13-33(27-32)34-14-8-15-35(28-34)37(43)39-22-26-40-23-4-5-24-40/h1-3,6,8-10,12-15,17-18,20-21,27-28H,4-5,7,11,16,19,22-26,29H2,(H,39,43). The third kappa shape index (κ3) is 9.35. The van der Waals surface area contributed by atoms with Gasteiger partial charge in [-0.1, -0.05) is 60.7 Å². The largest absolute Gasteiger partial charge is 0.351 e. The molecule has 1 N–H and O–H groups in total. The Bertz CT molecular complexity index is 1450. The van der Waals surface area contributed by atoms with Gasteiger partial charge < -0.3 is 15.1 Å². The first kappa shape index (κ1) is 30.2. The second kappa shape index (κ2) is 15.8. The van der Waals surface area contributed by atoms with E-state index in [4.69, 9.17) is 0 Å². The molecule has 1 aromatic heterocycles. The average molecular weight is 575 g/mol. The number of aryl methyl sites for hydroxylation is 1. The average Bonchev–Trinajstić information content (AvgIpc) is 3.58. The number of benzene rings is 3. The predicted octanol–water partition coefficient (Wildman–Crippen LogP) is 6.17. The first-order valence-corrected chi connectivity index (χ1v) is 15.5. The van der Waals surface area contributed by atoms with Crippen molar-refractivity contribution in [3.8, 4) is 11.1 Å². The third-order valence-electron chi connectivity index (χ3n) is 8.14. The van der Waals surface area contributed by atoms with Crippen LogP contribution in [-0.2, 0) is 24.2 Å². The molecule has 0 saturated carbocycles. The third-order valence-corrected chi connectivity index (χ3v) is 8.14. The van der Waals surface area contributed by atoms with Crippen LogP contribution in [0.15, 0.2) is 103 Å². The van der Waals surface area contributed by atoms with Crippen LogP contribution in [0.3, 0.4) is 0 Å². The molecule has 2 heterocycles. The fourth-order valence-electron chi connectivity index (χ4n) is 5.70. The van der Waals surface area contributed by atoms with Gasteiger partial charge in [0.05, 0.1) is 0 Å². The highest BCUT2D eigenvalue weighted by Gasteiger charge is 2.16. The van der Waals surface area contributed by atoms with Gasteiger partial charge in [0.25, 0.3) is 5.91 Å². The second-order valence-electron chi connectivity index (χ2n) is 11.3. The molecule has 0 aliphatic carbocycles. The van der Waals surface area contributed by atoms with Gasteiger partial charge in [-0.15, -0.1) is 0 Å². The van der Waals surface area contributed by atoms with Gasteiger partial charge in [-0.2, -0.15) is 0 Å². The van der Waals surface area contributed by atoms with Crippen molar-refractivity contribution in [1.29, 1.82) is 0 Å². The van der Waals surface area contributed by atoms with Gasteiger partial charge in [-0.3, -0.25) is 14.6 Å². The van der Waals surface area contributed by atoms with Crippen LogP contribution < -0.4 is 5.32 Å². The summed E-state index contributed by atoms with van der Waals surface area (Å²) in [6.07, 6.45) is 9.10. The zero-order chi connectivity index (χ0) is 29.7. The molecule has 2 amide bonds. The first-order chi connectivity index (χ1) is 21.1. The van der Waals surface area contributed by atoms with E-state index in [0.29, 0.717) is 31.6 Å². The Labute approximate surface area is 255 Å². The van der Waals surface area contributed by atoms with Gasteiger partial charge in [-0.25, -0.2) is 0 Å². The van der Waals surface area contributed by atoms with Gasteiger partial charge in [-0.05, 0) is 103 Å². The zero-order valence-corrected chi connectivity index (χ0v) is 25.0. The van der Waals surface area contributed by atoms with Crippen molar-refractivity contribution in [1.82, 2.24) is 20.1 Å². The molecule has 0 unspecified atom stereocenters. The van der Waals surface area contributed by atoms with Crippen LogP contribution in [0.25, 0.3) is 11.1 Å². The topological polar surface area (TPSA) is 65.5 Å². The summed E-state index contributed by atoms with van der Waals surface area (Å²) < 4.78 is 0. The smallest absolute Gasteiger partial charge is 0.251 e. The van der Waals surface area contributed by atoms with Crippen LogP contribution in [0.5, 0.6) is 0 Å². The van der Waals surface area contributed by atoms with E-state index >= 15 is 0 Å². The van der Waals surface area contributed by atoms with E-state index in [9.17, 15) is 9.59 Å². The molecule has 6 heteroatoms. The van der Waals surface area contributed by atoms with E-state index in [1.165, 1.54) is 24.0 Å². The van der Waals surface area contributed by atoms with Crippen molar-refractivity contribution >= 4 is 11.8 Å². The Kier molecular flexibility index (Phi) is 11.1. The molecule has 0 bridgehead atoms. The molecule has 4 aromatic rings. The second-order valence-corrected chi connectivity index (χ2v) is 11.3. The maximum atomic E-state index is 13.5. The summed E-state index contributed by atoms with van der Waals surface area (Å²) in [6, 6.07) is 30.5. The monoisotopic (exact) mass is 574 g/mol. The minimum absolute atomic E-state index is 0.0411. The number of carbonyl (C=O) groups is 2. The summed E-state index contributed by atoms with van der Waals surface area (Å²) in [7, 11) is 0. The van der Waals surface area contributed by atoms with E-state index < -0.39 is 0 Å². The number of aromatic nitrogens is 1. The van der Waals surface area contributed by atoms with Crippen LogP contribution in [0, 0.1) is 0 Å². The number of rotatable bonds is 14. The molecule has 0 radical (unpaired) electrons. The Balaban J connectivity index is 1.23. The van der Waals surface area contributed by atoms with E-state index in [0.717, 1.165) is 55.6 Å². The summed E-state index contributed by atoms with van der Waals surface area (Å²) in [5.41, 5.74) is 6.19. The van der Waals surface area contributed by atoms with Crippen molar-refractivity contribution in [3.05, 3.63) is 126 Å². The highest BCUT2D eigenvalue weighted by atomic mass is 16.2. The molecule has 6 nitrogen and oxygen atoms in total. The van der Waals surface area contributed by atoms with Crippen molar-refractivity contribution < 1.29 is 9.59 Å². The number of hydrogen-bond donors (Lipinski definition) is 1. The van der Waals surface area contributed by atoms with E-state index in [1.54, 1.807) is 12.4 Å². The summed E-state index contributed by atoms with van der Waals surface area (Å²) in [5, 5.41) is 3.08. The number of amides is 2. The number of nitrogens with one attached hydrogen (secondary N) is 1. The first-order valence-electron chi connectivity index (χ1n) is 15.5. The lowest BCUT2D eigenvalue weighted by molar-refractivity contribution is -0.131. The van der Waals surface area contributed by atoms with Gasteiger partial charge >= 0.3 is 0 Å². The maximum Gasteiger partial charge on any atom is 0.251 e. The van der Waals surface area contributed by atoms with Gasteiger partial charge in [0, 0.05) is 50.6 Å². The lowest BCUT2D eigenvalue weighted by Crippen LogP contribution is -2.33. The van der Waals surface area contributed by atoms with Crippen LogP contribution >= 0.6 is 0 Å². The summed E-state index contributed by atoms with van der Waals surface area (Å²) >= 11 is 0. The molecular formula is C37H42N4O2. The number of pyridine rings is 1. The molecule has 1 fully saturated rings. The van der Waals surface area contributed by atoms with Crippen LogP contribution in [0.1, 0.15) is 52.7 Å². The minimum atomic E-state index is -0.0411. The molecule has 3 aromatic carbocycles. The van der Waals surface area contributed by atoms with Crippen molar-refractivity contribution in [2.45, 2.75) is 45.1 Å². The van der Waals surface area contributed by atoms with Gasteiger partial charge in [0.2, 0.25) is 5.91 Å². The molecule has 0 atom stereocenters. The molecule has 1 saturated heterocycles. The van der Waals surface area contributed by atoms with Crippen molar-refractivity contribution in [2.75, 3.05) is 32.7 Å². The molecule has 43 heavy (non-hydrogen) atoms. The summed E-state index contributed by atoms with van der Waals surface area (Å²) in [4.78, 5) is 34.9. The SMILES string of the molecule is O=C(NCCN1CCCC1)c1cccc(-c2cccc(CN(CCc3ccncc3)C(=O)CCCc3ccccc3)c2)c1. The van der Waals surface area contributed by atoms with Crippen molar-refractivity contribution in [2.24, 2.45) is 0 Å². The number of nitrogens with zero attached hydrogens (tertiary/aromatic N) is 3. The summed E-state index contributed by atoms with van der Waals surface area (Å²) in [5.74, 6) is 0.128. The van der Waals surface area contributed by atoms with Crippen LogP contribution in [-0.4, -0.2) is 59.3 Å². The number of likely N-dealkylation sites (tertiary alicyclic amines) is 1. The molecule has 1 aliphatic rings. The zero-order valence-electron chi connectivity index (χ0n) is 25.0. The summed E-state index contributed by atoms with van der Waals surface area (Å²) in [6.45, 7) is 5.00. The maximum absolute atomic E-state index is 13.5. The van der Waals surface area contributed by atoms with E-state index in [2.05, 4.69) is 45.5 Å². The van der Waals surface area contributed by atoms with E-state index in [-0.39, 0.29) is 11.8 Å². The Morgan fingerprint density at radius 1 is 0.767 bits per heavy atom. The molecular weight excluding hydrogens is 532 g/mol. The lowest BCUT2D eigenvalue weighted by Gasteiger charge is -2.23. The van der Waals surface area contributed by atoms with Crippen LogP contribution in [0.2, 0.25) is 0 Å². The molecule has 5 rings (SSSR count). The fourth-order valence-corrected chi connectivity index (χ4v) is 5.70. The van der Waals surface area contributed by atoms with Gasteiger partial charge in [0.1, 0.15) is 0 Å². The molecule has 222 valence electrons. The minimum Gasteiger partial charge on any atom is -0.351 e. The number of carbonyl (C=O) groups excluding carboxylic acids is 2. The van der Waals surface area contributed by atoms with Crippen molar-refractivity contribution in [3.63, 3.8) is 0 Å². The molecule has 0 spiro atoms. The quantitative estimate of drug-likeness (QED) is 0.196. The van der Waals surface area contributed by atoms with Gasteiger partial charge in [0.15, 0.2) is 0 Å². The van der Waals surface area contributed by atoms with E-state index in [1.807, 2.05) is 65.6 Å². The number of hydrogen-bond acceptors (Lipinski definition) is 4. The Morgan fingerprint density at radius 3 is 2.26 bits per heavy atom. The molecule has 1 aliphatic heterocycles. The Hall–Kier alpha value is -4.29. The highest BCUT2D eigenvalue weighted by Crippen LogP contribution is 2.23. The highest BCUT2D eigenvalue weighted by molar-refractivity contribution is 5.95. The fraction of sp³-hybridized carbons (Fsp3) is 0.324. The lowest BCUT2D eigenvalue weighted by atomic mass is 10.0. The normalized spacial score (nSPS) is 13.1.